The quantitative estimate of drug-likeness (QED) is 0.170. The van der Waals surface area contributed by atoms with E-state index in [4.69, 9.17) is 0 Å². The highest BCUT2D eigenvalue weighted by Gasteiger charge is 2.16. The molecule has 0 heteroatoms. The topological polar surface area (TPSA) is 0 Å². The Hall–Kier alpha value is -4.42. The zero-order valence-corrected chi connectivity index (χ0v) is 22.8. The van der Waals surface area contributed by atoms with Crippen molar-refractivity contribution in [2.24, 2.45) is 0 Å². The van der Waals surface area contributed by atoms with Gasteiger partial charge in [-0.15, -0.1) is 0 Å². The summed E-state index contributed by atoms with van der Waals surface area (Å²) in [6, 6.07) is 42.0. The molecule has 0 radical (unpaired) electrons. The van der Waals surface area contributed by atoms with Crippen LogP contribution in [0.4, 0.5) is 0 Å². The molecule has 0 fully saturated rings. The molecular formula is C38H34. The van der Waals surface area contributed by atoms with Crippen LogP contribution in [0.25, 0.3) is 60.1 Å². The Labute approximate surface area is 226 Å². The van der Waals surface area contributed by atoms with Gasteiger partial charge in [0, 0.05) is 0 Å². The Bertz CT molecular complexity index is 1740. The molecule has 0 heterocycles. The molecule has 6 rings (SSSR count). The van der Waals surface area contributed by atoms with Crippen molar-refractivity contribution in [1.82, 2.24) is 0 Å². The predicted molar refractivity (Wildman–Crippen MR) is 170 cm³/mol. The number of hydrogen-bond donors (Lipinski definition) is 0. The third kappa shape index (κ3) is 4.66. The molecule has 0 aliphatic carbocycles. The molecule has 6 aromatic carbocycles. The van der Waals surface area contributed by atoms with E-state index in [9.17, 15) is 0 Å². The van der Waals surface area contributed by atoms with Crippen LogP contribution in [-0.4, -0.2) is 0 Å². The lowest BCUT2D eigenvalue weighted by Gasteiger charge is -2.18. The van der Waals surface area contributed by atoms with Gasteiger partial charge >= 0.3 is 0 Å². The highest BCUT2D eigenvalue weighted by molar-refractivity contribution is 6.21. The fourth-order valence-corrected chi connectivity index (χ4v) is 5.46. The van der Waals surface area contributed by atoms with Crippen molar-refractivity contribution in [2.75, 3.05) is 0 Å². The molecule has 0 aliphatic rings. The van der Waals surface area contributed by atoms with Crippen LogP contribution in [0.5, 0.6) is 0 Å². The molecule has 186 valence electrons. The van der Waals surface area contributed by atoms with Crippen molar-refractivity contribution in [3.8, 4) is 22.3 Å². The Balaban J connectivity index is 0.00000144. The van der Waals surface area contributed by atoms with Crippen molar-refractivity contribution in [1.29, 1.82) is 0 Å². The van der Waals surface area contributed by atoms with Crippen LogP contribution in [0.15, 0.2) is 133 Å². The first-order chi connectivity index (χ1) is 18.6. The Morgan fingerprint density at radius 3 is 1.58 bits per heavy atom. The summed E-state index contributed by atoms with van der Waals surface area (Å²) < 4.78 is 0. The van der Waals surface area contributed by atoms with Crippen molar-refractivity contribution in [2.45, 2.75) is 27.7 Å². The smallest absolute Gasteiger partial charge is 0.00262 e. The molecule has 0 bridgehead atoms. The van der Waals surface area contributed by atoms with Gasteiger partial charge in [-0.2, -0.15) is 0 Å². The molecule has 0 N–H and O–H groups in total. The van der Waals surface area contributed by atoms with E-state index in [0.29, 0.717) is 0 Å². The minimum Gasteiger partial charge on any atom is -0.0961 e. The van der Waals surface area contributed by atoms with Gasteiger partial charge in [-0.05, 0) is 91.7 Å². The second kappa shape index (κ2) is 10.9. The summed E-state index contributed by atoms with van der Waals surface area (Å²) in [7, 11) is 0. The Morgan fingerprint density at radius 1 is 0.526 bits per heavy atom. The maximum absolute atomic E-state index is 4.05. The average Bonchev–Trinajstić information content (AvgIpc) is 2.96. The summed E-state index contributed by atoms with van der Waals surface area (Å²) >= 11 is 0. The first kappa shape index (κ1) is 25.2. The fraction of sp³-hybridized carbons (Fsp3) is 0.105. The van der Waals surface area contributed by atoms with E-state index in [0.717, 1.165) is 5.57 Å². The lowest BCUT2D eigenvalue weighted by molar-refractivity contribution is 1.50. The van der Waals surface area contributed by atoms with Crippen LogP contribution in [0.2, 0.25) is 0 Å². The van der Waals surface area contributed by atoms with Gasteiger partial charge in [-0.3, -0.25) is 0 Å². The zero-order valence-electron chi connectivity index (χ0n) is 22.8. The summed E-state index contributed by atoms with van der Waals surface area (Å²) in [4.78, 5) is 0. The average molecular weight is 491 g/mol. The number of fused-ring (bicyclic) bond motifs is 3. The van der Waals surface area contributed by atoms with E-state index >= 15 is 0 Å². The van der Waals surface area contributed by atoms with Gasteiger partial charge in [0.1, 0.15) is 0 Å². The van der Waals surface area contributed by atoms with Crippen molar-refractivity contribution >= 4 is 37.9 Å². The van der Waals surface area contributed by atoms with Gasteiger partial charge in [-0.25, -0.2) is 0 Å². The molecule has 0 atom stereocenters. The zero-order chi connectivity index (χ0) is 26.6. The van der Waals surface area contributed by atoms with E-state index in [-0.39, 0.29) is 0 Å². The number of rotatable bonds is 4. The number of hydrogen-bond acceptors (Lipinski definition) is 0. The summed E-state index contributed by atoms with van der Waals surface area (Å²) in [5.41, 5.74) is 8.62. The van der Waals surface area contributed by atoms with Crippen LogP contribution >= 0.6 is 0 Å². The molecule has 0 nitrogen and oxygen atoms in total. The maximum atomic E-state index is 4.05. The SMILES string of the molecule is C=C(C)/C=C(\C)c1ccc2ccc(-c3c4ccccc4c(-c4ccccc4)c4ccccc34)cc2c1.CC. The van der Waals surface area contributed by atoms with E-state index in [2.05, 4.69) is 135 Å². The largest absolute Gasteiger partial charge is 0.0961 e. The van der Waals surface area contributed by atoms with Crippen molar-refractivity contribution in [3.05, 3.63) is 139 Å². The molecule has 38 heavy (non-hydrogen) atoms. The summed E-state index contributed by atoms with van der Waals surface area (Å²) in [6.07, 6.45) is 2.15. The van der Waals surface area contributed by atoms with Crippen LogP contribution in [-0.2, 0) is 0 Å². The second-order valence-electron chi connectivity index (χ2n) is 9.66. The minimum atomic E-state index is 1.07. The molecule has 0 saturated carbocycles. The van der Waals surface area contributed by atoms with E-state index in [1.54, 1.807) is 0 Å². The number of allylic oxidation sites excluding steroid dienone is 3. The van der Waals surface area contributed by atoms with E-state index in [1.807, 2.05) is 20.8 Å². The van der Waals surface area contributed by atoms with Gasteiger partial charge in [0.2, 0.25) is 0 Å². The highest BCUT2D eigenvalue weighted by atomic mass is 14.2. The molecular weight excluding hydrogens is 456 g/mol. The van der Waals surface area contributed by atoms with Gasteiger partial charge in [0.25, 0.3) is 0 Å². The second-order valence-corrected chi connectivity index (χ2v) is 9.66. The van der Waals surface area contributed by atoms with Gasteiger partial charge in [0.05, 0.1) is 0 Å². The van der Waals surface area contributed by atoms with Gasteiger partial charge in [0.15, 0.2) is 0 Å². The molecule has 0 aromatic heterocycles. The van der Waals surface area contributed by atoms with Crippen LogP contribution < -0.4 is 0 Å². The Morgan fingerprint density at radius 2 is 1.03 bits per heavy atom. The summed E-state index contributed by atoms with van der Waals surface area (Å²) in [5.74, 6) is 0. The lowest BCUT2D eigenvalue weighted by atomic mass is 9.85. The lowest BCUT2D eigenvalue weighted by Crippen LogP contribution is -1.91. The highest BCUT2D eigenvalue weighted by Crippen LogP contribution is 2.44. The monoisotopic (exact) mass is 490 g/mol. The first-order valence-electron chi connectivity index (χ1n) is 13.5. The fourth-order valence-electron chi connectivity index (χ4n) is 5.46. The molecule has 0 spiro atoms. The van der Waals surface area contributed by atoms with E-state index < -0.39 is 0 Å². The van der Waals surface area contributed by atoms with Crippen LogP contribution in [0, 0.1) is 0 Å². The van der Waals surface area contributed by atoms with Crippen LogP contribution in [0.3, 0.4) is 0 Å². The van der Waals surface area contributed by atoms with Crippen molar-refractivity contribution < 1.29 is 0 Å². The normalized spacial score (nSPS) is 11.4. The Kier molecular flexibility index (Phi) is 7.24. The van der Waals surface area contributed by atoms with E-state index in [1.165, 1.54) is 65.7 Å². The predicted octanol–water partition coefficient (Wildman–Crippen LogP) is 11.5. The molecule has 0 aliphatic heterocycles. The van der Waals surface area contributed by atoms with Gasteiger partial charge < -0.3 is 0 Å². The third-order valence-corrected chi connectivity index (χ3v) is 7.04. The summed E-state index contributed by atoms with van der Waals surface area (Å²) in [5, 5.41) is 7.63. The van der Waals surface area contributed by atoms with Gasteiger partial charge in [-0.1, -0.05) is 135 Å². The number of benzene rings is 6. The van der Waals surface area contributed by atoms with Crippen molar-refractivity contribution in [3.63, 3.8) is 0 Å². The maximum Gasteiger partial charge on any atom is -0.00262 e. The van der Waals surface area contributed by atoms with Crippen LogP contribution in [0.1, 0.15) is 33.3 Å². The molecule has 0 saturated heterocycles. The summed E-state index contributed by atoms with van der Waals surface area (Å²) in [6.45, 7) is 12.2. The molecule has 0 amide bonds. The minimum absolute atomic E-state index is 1.07. The molecule has 0 unspecified atom stereocenters. The first-order valence-corrected chi connectivity index (χ1v) is 13.5. The molecule has 6 aromatic rings. The third-order valence-electron chi connectivity index (χ3n) is 7.04. The standard InChI is InChI=1S/C36H28.C2H6/c1-24(2)21-25(3)28-19-17-26-18-20-29(23-30(26)22-28)36-33-15-9-7-13-31(33)35(27-11-5-4-6-12-27)32-14-8-10-16-34(32)36;1-2/h4-23H,1H2,2-3H3;1-2H3/b25-21+;.